The summed E-state index contributed by atoms with van der Waals surface area (Å²) in [5, 5.41) is 5.26. The fourth-order valence-corrected chi connectivity index (χ4v) is 6.50. The van der Waals surface area contributed by atoms with E-state index in [2.05, 4.69) is 51.5 Å². The Morgan fingerprint density at radius 3 is 2.29 bits per heavy atom. The number of fused-ring (bicyclic) bond motifs is 1. The van der Waals surface area contributed by atoms with Crippen molar-refractivity contribution in [3.63, 3.8) is 0 Å². The molecule has 2 nitrogen and oxygen atoms in total. The van der Waals surface area contributed by atoms with Crippen LogP contribution >= 0.6 is 50.4 Å². The molecule has 0 aliphatic rings. The van der Waals surface area contributed by atoms with Crippen molar-refractivity contribution in [3.8, 4) is 10.4 Å². The van der Waals surface area contributed by atoms with Crippen molar-refractivity contribution in [1.29, 1.82) is 0 Å². The average Bonchev–Trinajstić information content (AvgIpc) is 3.29. The quantitative estimate of drug-likeness (QED) is 0.246. The molecule has 152 valence electrons. The van der Waals surface area contributed by atoms with Gasteiger partial charge in [0.2, 0.25) is 0 Å². The third-order valence-electron chi connectivity index (χ3n) is 5.16. The lowest BCUT2D eigenvalue weighted by Crippen LogP contribution is -1.90. The number of aromatic nitrogens is 2. The van der Waals surface area contributed by atoms with E-state index in [1.165, 1.54) is 87.4 Å². The normalized spacial score (nSPS) is 11.6. The second-order valence-electron chi connectivity index (χ2n) is 7.37. The molecule has 3 aromatic rings. The molecule has 2 heterocycles. The van der Waals surface area contributed by atoms with Crippen LogP contribution in [0.5, 0.6) is 0 Å². The summed E-state index contributed by atoms with van der Waals surface area (Å²) in [7, 11) is 0. The van der Waals surface area contributed by atoms with Gasteiger partial charge in [-0.05, 0) is 76.4 Å². The second kappa shape index (κ2) is 11.1. The first-order valence-electron chi connectivity index (χ1n) is 10.4. The van der Waals surface area contributed by atoms with Gasteiger partial charge >= 0.3 is 0 Å². The van der Waals surface area contributed by atoms with Crippen molar-refractivity contribution in [3.05, 3.63) is 32.1 Å². The predicted molar refractivity (Wildman–Crippen MR) is 129 cm³/mol. The number of hydrogen-bond donors (Lipinski definition) is 0. The molecule has 3 rings (SSSR count). The molecule has 2 aromatic heterocycles. The fraction of sp³-hybridized carbons (Fsp3) is 0.545. The van der Waals surface area contributed by atoms with Crippen molar-refractivity contribution in [2.75, 3.05) is 0 Å². The second-order valence-corrected chi connectivity index (χ2v) is 10.9. The van der Waals surface area contributed by atoms with E-state index < -0.39 is 0 Å². The molecule has 0 saturated heterocycles. The van der Waals surface area contributed by atoms with Crippen LogP contribution in [0.1, 0.15) is 76.3 Å². The van der Waals surface area contributed by atoms with Gasteiger partial charge in [0, 0.05) is 10.4 Å². The minimum absolute atomic E-state index is 0.803. The molecule has 28 heavy (non-hydrogen) atoms. The maximum absolute atomic E-state index is 6.78. The number of thiophene rings is 1. The fourth-order valence-electron chi connectivity index (χ4n) is 3.57. The molecule has 1 aromatic carbocycles. The number of benzene rings is 1. The van der Waals surface area contributed by atoms with E-state index in [4.69, 9.17) is 11.6 Å². The predicted octanol–water partition coefficient (Wildman–Crippen LogP) is 9.08. The Labute approximate surface area is 190 Å². The van der Waals surface area contributed by atoms with Gasteiger partial charge in [0.25, 0.3) is 0 Å². The lowest BCUT2D eigenvalue weighted by molar-refractivity contribution is 0.667. The SMILES string of the molecule is CCCCCCc1cc(-c2c(Cl)cc(CCCCCC)c3snnc23)sc1Br. The number of unbranched alkanes of at least 4 members (excludes halogenated alkanes) is 6. The number of halogens is 2. The minimum Gasteiger partial charge on any atom is -0.137 e. The first-order valence-corrected chi connectivity index (χ1v) is 13.1. The number of aryl methyl sites for hydroxylation is 2. The summed E-state index contributed by atoms with van der Waals surface area (Å²) in [6.07, 6.45) is 12.3. The Kier molecular flexibility index (Phi) is 8.76. The van der Waals surface area contributed by atoms with Crippen LogP contribution in [0.25, 0.3) is 20.7 Å². The highest BCUT2D eigenvalue weighted by Gasteiger charge is 2.19. The van der Waals surface area contributed by atoms with E-state index in [0.29, 0.717) is 0 Å². The van der Waals surface area contributed by atoms with Gasteiger partial charge in [0.15, 0.2) is 0 Å². The smallest absolute Gasteiger partial charge is 0.116 e. The van der Waals surface area contributed by atoms with Crippen LogP contribution in [-0.2, 0) is 12.8 Å². The third-order valence-corrected chi connectivity index (χ3v) is 8.24. The van der Waals surface area contributed by atoms with E-state index >= 15 is 0 Å². The molecular weight excluding hydrogens is 472 g/mol. The summed E-state index contributed by atoms with van der Waals surface area (Å²) in [5.41, 5.74) is 4.69. The van der Waals surface area contributed by atoms with E-state index in [-0.39, 0.29) is 0 Å². The summed E-state index contributed by atoms with van der Waals surface area (Å²) in [5.74, 6) is 0. The molecular formula is C22H28BrClN2S2. The van der Waals surface area contributed by atoms with Crippen LogP contribution in [0, 0.1) is 0 Å². The Bertz CT molecular complexity index is 903. The van der Waals surface area contributed by atoms with Crippen molar-refractivity contribution in [2.45, 2.75) is 78.1 Å². The van der Waals surface area contributed by atoms with Crippen LogP contribution in [0.4, 0.5) is 0 Å². The molecule has 6 heteroatoms. The van der Waals surface area contributed by atoms with Gasteiger partial charge in [-0.15, -0.1) is 16.4 Å². The highest BCUT2D eigenvalue weighted by Crippen LogP contribution is 2.43. The summed E-state index contributed by atoms with van der Waals surface area (Å²) in [6, 6.07) is 4.45. The van der Waals surface area contributed by atoms with Crippen molar-refractivity contribution in [2.24, 2.45) is 0 Å². The molecule has 0 radical (unpaired) electrons. The standard InChI is InChI=1S/C22H28BrClN2S2/c1-3-5-7-9-11-15-13-17(24)19(20-21(15)28-26-25-20)18-14-16(22(23)27-18)12-10-8-6-4-2/h13-14H,3-12H2,1-2H3. The Hall–Kier alpha value is -0.490. The van der Waals surface area contributed by atoms with Crippen molar-refractivity contribution >= 4 is 60.6 Å². The van der Waals surface area contributed by atoms with Crippen LogP contribution in [0.15, 0.2) is 15.9 Å². The minimum atomic E-state index is 0.803. The highest BCUT2D eigenvalue weighted by atomic mass is 79.9. The maximum Gasteiger partial charge on any atom is 0.116 e. The van der Waals surface area contributed by atoms with Crippen molar-refractivity contribution < 1.29 is 0 Å². The van der Waals surface area contributed by atoms with Gasteiger partial charge in [0.1, 0.15) is 5.52 Å². The Morgan fingerprint density at radius 2 is 1.61 bits per heavy atom. The van der Waals surface area contributed by atoms with Gasteiger partial charge in [0.05, 0.1) is 13.5 Å². The summed E-state index contributed by atoms with van der Waals surface area (Å²) in [4.78, 5) is 1.19. The third kappa shape index (κ3) is 5.35. The van der Waals surface area contributed by atoms with Gasteiger partial charge in [-0.1, -0.05) is 68.5 Å². The topological polar surface area (TPSA) is 25.8 Å². The molecule has 0 amide bonds. The zero-order valence-corrected chi connectivity index (χ0v) is 20.7. The highest BCUT2D eigenvalue weighted by molar-refractivity contribution is 9.11. The van der Waals surface area contributed by atoms with Crippen molar-refractivity contribution in [1.82, 2.24) is 9.59 Å². The molecule has 0 unspecified atom stereocenters. The summed E-state index contributed by atoms with van der Waals surface area (Å²) >= 11 is 13.8. The molecule has 0 aliphatic heterocycles. The van der Waals surface area contributed by atoms with Gasteiger partial charge in [-0.25, -0.2) is 0 Å². The zero-order valence-electron chi connectivity index (χ0n) is 16.7. The molecule has 0 bridgehead atoms. The molecule has 0 aliphatic carbocycles. The molecule has 0 atom stereocenters. The Morgan fingerprint density at radius 1 is 0.929 bits per heavy atom. The number of rotatable bonds is 11. The van der Waals surface area contributed by atoms with E-state index in [9.17, 15) is 0 Å². The van der Waals surface area contributed by atoms with Crippen LogP contribution in [-0.4, -0.2) is 9.59 Å². The average molecular weight is 500 g/mol. The van der Waals surface area contributed by atoms with Crippen LogP contribution in [0.3, 0.4) is 0 Å². The Balaban J connectivity index is 1.85. The van der Waals surface area contributed by atoms with Gasteiger partial charge < -0.3 is 0 Å². The van der Waals surface area contributed by atoms with Crippen LogP contribution < -0.4 is 0 Å². The summed E-state index contributed by atoms with van der Waals surface area (Å²) in [6.45, 7) is 4.50. The van der Waals surface area contributed by atoms with Gasteiger partial charge in [-0.3, -0.25) is 0 Å². The number of hydrogen-bond acceptors (Lipinski definition) is 4. The first-order chi connectivity index (χ1) is 13.7. The van der Waals surface area contributed by atoms with E-state index in [1.54, 1.807) is 11.3 Å². The summed E-state index contributed by atoms with van der Waals surface area (Å²) < 4.78 is 6.68. The molecule has 0 saturated carbocycles. The molecule has 0 spiro atoms. The van der Waals surface area contributed by atoms with Gasteiger partial charge in [-0.2, -0.15) is 0 Å². The lowest BCUT2D eigenvalue weighted by Gasteiger charge is -2.08. The monoisotopic (exact) mass is 498 g/mol. The largest absolute Gasteiger partial charge is 0.137 e. The molecule has 0 N–H and O–H groups in total. The number of nitrogens with zero attached hydrogens (tertiary/aromatic N) is 2. The zero-order chi connectivity index (χ0) is 19.9. The maximum atomic E-state index is 6.78. The lowest BCUT2D eigenvalue weighted by atomic mass is 10.0. The van der Waals surface area contributed by atoms with E-state index in [0.717, 1.165) is 28.9 Å². The molecule has 0 fully saturated rings. The van der Waals surface area contributed by atoms with E-state index in [1.807, 2.05) is 0 Å². The first kappa shape index (κ1) is 22.2. The van der Waals surface area contributed by atoms with Crippen LogP contribution in [0.2, 0.25) is 5.02 Å².